The molecule has 0 aliphatic carbocycles. The van der Waals surface area contributed by atoms with E-state index in [1.165, 1.54) is 43.4 Å². The van der Waals surface area contributed by atoms with Crippen LogP contribution in [0.1, 0.15) is 29.0 Å². The molecule has 4 heterocycles. The summed E-state index contributed by atoms with van der Waals surface area (Å²) in [7, 11) is 0. The van der Waals surface area contributed by atoms with Gasteiger partial charge in [0.25, 0.3) is 0 Å². The zero-order chi connectivity index (χ0) is 34.9. The lowest BCUT2D eigenvalue weighted by Gasteiger charge is -2.32. The van der Waals surface area contributed by atoms with Gasteiger partial charge < -0.3 is 14.9 Å². The Balaban J connectivity index is 1.10. The Hall–Kier alpha value is -6.89. The smallest absolute Gasteiger partial charge is 0.133 e. The fourth-order valence-electron chi connectivity index (χ4n) is 8.36. The molecule has 6 heteroatoms. The van der Waals surface area contributed by atoms with E-state index in [-0.39, 0.29) is 12.3 Å². The van der Waals surface area contributed by atoms with Gasteiger partial charge in [0.2, 0.25) is 0 Å². The molecule has 53 heavy (non-hydrogen) atoms. The highest BCUT2D eigenvalue weighted by molar-refractivity contribution is 6.19. The number of benzene rings is 7. The Morgan fingerprint density at radius 1 is 0.491 bits per heavy atom. The van der Waals surface area contributed by atoms with Crippen LogP contribution in [0.4, 0.5) is 0 Å². The number of rotatable bonds is 5. The highest BCUT2D eigenvalue weighted by Crippen LogP contribution is 2.39. The standard InChI is InChI=1S/C47H34N6/c1-3-15-31(16-4-1)45-49-46(51-47(50-45)37-23-13-17-30-14-7-8-20-34(30)37)32-26-44(48-29-32)53-41-25-12-10-22-36(41)39-27-38-35-21-9-11-24-40(35)52(42(38)28-43(39)53)33-18-5-2-6-19-33/h1-29,45,47-48,50H,(H,49,51). The van der Waals surface area contributed by atoms with Crippen LogP contribution in [0.3, 0.4) is 0 Å². The van der Waals surface area contributed by atoms with Crippen LogP contribution in [0.25, 0.3) is 65.9 Å². The number of para-hydroxylation sites is 3. The average molecular weight is 683 g/mol. The number of H-pyrrole nitrogens is 1. The van der Waals surface area contributed by atoms with E-state index < -0.39 is 0 Å². The van der Waals surface area contributed by atoms with Gasteiger partial charge in [0.05, 0.1) is 22.1 Å². The van der Waals surface area contributed by atoms with Gasteiger partial charge >= 0.3 is 0 Å². The Labute approximate surface area is 305 Å². The second-order valence-electron chi connectivity index (χ2n) is 13.8. The molecule has 6 nitrogen and oxygen atoms in total. The van der Waals surface area contributed by atoms with Crippen molar-refractivity contribution in [3.63, 3.8) is 0 Å². The number of aromatic amines is 1. The highest BCUT2D eigenvalue weighted by Gasteiger charge is 2.27. The average Bonchev–Trinajstić information content (AvgIpc) is 3.93. The molecule has 1 aliphatic rings. The molecule has 2 atom stereocenters. The number of amidine groups is 1. The van der Waals surface area contributed by atoms with Crippen molar-refractivity contribution < 1.29 is 0 Å². The van der Waals surface area contributed by atoms with Crippen LogP contribution in [0.15, 0.2) is 181 Å². The third-order valence-electron chi connectivity index (χ3n) is 10.8. The molecule has 1 aliphatic heterocycles. The summed E-state index contributed by atoms with van der Waals surface area (Å²) in [5, 5.41) is 14.9. The van der Waals surface area contributed by atoms with Crippen LogP contribution in [0.2, 0.25) is 0 Å². The van der Waals surface area contributed by atoms with Crippen molar-refractivity contribution in [2.24, 2.45) is 4.99 Å². The minimum Gasteiger partial charge on any atom is -0.350 e. The first kappa shape index (κ1) is 29.8. The third-order valence-corrected chi connectivity index (χ3v) is 10.8. The van der Waals surface area contributed by atoms with Gasteiger partial charge in [-0.3, -0.25) is 9.88 Å². The number of fused-ring (bicyclic) bond motifs is 7. The van der Waals surface area contributed by atoms with Crippen molar-refractivity contribution >= 4 is 60.2 Å². The Bertz CT molecular complexity index is 3020. The molecule has 3 N–H and O–H groups in total. The third kappa shape index (κ3) is 4.73. The molecule has 3 aromatic heterocycles. The minimum atomic E-state index is -0.248. The maximum atomic E-state index is 5.34. The summed E-state index contributed by atoms with van der Waals surface area (Å²) in [6.45, 7) is 0. The van der Waals surface area contributed by atoms with Crippen molar-refractivity contribution in [3.8, 4) is 11.5 Å². The molecule has 0 radical (unpaired) electrons. The number of hydrogen-bond acceptors (Lipinski definition) is 3. The van der Waals surface area contributed by atoms with Crippen molar-refractivity contribution in [1.29, 1.82) is 0 Å². The lowest BCUT2D eigenvalue weighted by Crippen LogP contribution is -2.44. The first-order valence-electron chi connectivity index (χ1n) is 18.1. The molecule has 0 bridgehead atoms. The molecule has 0 spiro atoms. The lowest BCUT2D eigenvalue weighted by molar-refractivity contribution is 0.410. The Morgan fingerprint density at radius 2 is 1.11 bits per heavy atom. The van der Waals surface area contributed by atoms with Crippen molar-refractivity contribution in [3.05, 3.63) is 193 Å². The molecule has 7 aromatic carbocycles. The van der Waals surface area contributed by atoms with E-state index in [4.69, 9.17) is 4.99 Å². The fraction of sp³-hybridized carbons (Fsp3) is 0.0426. The zero-order valence-corrected chi connectivity index (χ0v) is 28.7. The first-order valence-corrected chi connectivity index (χ1v) is 18.1. The summed E-state index contributed by atoms with van der Waals surface area (Å²) in [4.78, 5) is 9.00. The number of aliphatic imine (C=N–C) groups is 1. The second kappa shape index (κ2) is 11.8. The molecule has 2 unspecified atom stereocenters. The van der Waals surface area contributed by atoms with E-state index in [0.29, 0.717) is 0 Å². The predicted octanol–water partition coefficient (Wildman–Crippen LogP) is 10.7. The molecule has 0 saturated heterocycles. The monoisotopic (exact) mass is 682 g/mol. The molecule has 0 amide bonds. The summed E-state index contributed by atoms with van der Waals surface area (Å²) >= 11 is 0. The molecule has 252 valence electrons. The van der Waals surface area contributed by atoms with Crippen LogP contribution in [-0.4, -0.2) is 20.0 Å². The van der Waals surface area contributed by atoms with Crippen LogP contribution in [0, 0.1) is 0 Å². The topological polar surface area (TPSA) is 62.1 Å². The van der Waals surface area contributed by atoms with Crippen LogP contribution in [-0.2, 0) is 0 Å². The van der Waals surface area contributed by atoms with Gasteiger partial charge in [0, 0.05) is 39.0 Å². The summed E-state index contributed by atoms with van der Waals surface area (Å²) in [6, 6.07) is 60.6. The summed E-state index contributed by atoms with van der Waals surface area (Å²) < 4.78 is 4.75. The van der Waals surface area contributed by atoms with Gasteiger partial charge in [-0.25, -0.2) is 4.99 Å². The SMILES string of the molecule is c1ccc(C2NC(c3c[nH]c(-n4c5ccccc5c5cc6c7ccccc7n(-c7ccccc7)c6cc54)c3)=NC(c3cccc4ccccc34)N2)cc1. The number of nitrogens with zero attached hydrogens (tertiary/aromatic N) is 3. The summed E-state index contributed by atoms with van der Waals surface area (Å²) in [6.07, 6.45) is 1.70. The molecule has 11 rings (SSSR count). The van der Waals surface area contributed by atoms with Gasteiger partial charge in [-0.15, -0.1) is 0 Å². The first-order chi connectivity index (χ1) is 26.3. The Kier molecular flexibility index (Phi) is 6.66. The normalized spacial score (nSPS) is 16.1. The zero-order valence-electron chi connectivity index (χ0n) is 28.7. The molecule has 10 aromatic rings. The van der Waals surface area contributed by atoms with E-state index in [1.54, 1.807) is 0 Å². The molecule has 0 saturated carbocycles. The van der Waals surface area contributed by atoms with Crippen molar-refractivity contribution in [1.82, 2.24) is 24.8 Å². The van der Waals surface area contributed by atoms with E-state index in [1.807, 2.05) is 0 Å². The Morgan fingerprint density at radius 3 is 1.89 bits per heavy atom. The van der Waals surface area contributed by atoms with Crippen LogP contribution in [0.5, 0.6) is 0 Å². The van der Waals surface area contributed by atoms with Gasteiger partial charge in [-0.05, 0) is 64.4 Å². The highest BCUT2D eigenvalue weighted by atomic mass is 15.3. The van der Waals surface area contributed by atoms with Gasteiger partial charge in [-0.2, -0.15) is 0 Å². The number of aromatic nitrogens is 3. The van der Waals surface area contributed by atoms with E-state index in [0.717, 1.165) is 45.1 Å². The maximum absolute atomic E-state index is 5.34. The van der Waals surface area contributed by atoms with E-state index in [9.17, 15) is 0 Å². The van der Waals surface area contributed by atoms with Crippen molar-refractivity contribution in [2.45, 2.75) is 12.3 Å². The largest absolute Gasteiger partial charge is 0.350 e. The molecule has 0 fully saturated rings. The lowest BCUT2D eigenvalue weighted by atomic mass is 10.0. The van der Waals surface area contributed by atoms with E-state index >= 15 is 0 Å². The van der Waals surface area contributed by atoms with Gasteiger partial charge in [0.1, 0.15) is 24.0 Å². The number of nitrogens with one attached hydrogen (secondary N) is 3. The van der Waals surface area contributed by atoms with E-state index in [2.05, 4.69) is 201 Å². The fourth-order valence-corrected chi connectivity index (χ4v) is 8.36. The molecular formula is C47H34N6. The quantitative estimate of drug-likeness (QED) is 0.169. The van der Waals surface area contributed by atoms with Gasteiger partial charge in [-0.1, -0.05) is 127 Å². The van der Waals surface area contributed by atoms with Crippen molar-refractivity contribution in [2.75, 3.05) is 0 Å². The molecular weight excluding hydrogens is 649 g/mol. The van der Waals surface area contributed by atoms with Crippen LogP contribution < -0.4 is 10.6 Å². The summed E-state index contributed by atoms with van der Waals surface area (Å²) in [5.74, 6) is 1.82. The predicted molar refractivity (Wildman–Crippen MR) is 218 cm³/mol. The maximum Gasteiger partial charge on any atom is 0.133 e. The minimum absolute atomic E-state index is 0.132. The van der Waals surface area contributed by atoms with Gasteiger partial charge in [0.15, 0.2) is 0 Å². The number of hydrogen-bond donors (Lipinski definition) is 3. The summed E-state index contributed by atoms with van der Waals surface area (Å²) in [5.41, 5.74) is 9.11. The second-order valence-corrected chi connectivity index (χ2v) is 13.8. The van der Waals surface area contributed by atoms with Crippen LogP contribution >= 0.6 is 0 Å².